The summed E-state index contributed by atoms with van der Waals surface area (Å²) in [6, 6.07) is 8.74. The lowest BCUT2D eigenvalue weighted by molar-refractivity contribution is 0.328. The van der Waals surface area contributed by atoms with Crippen LogP contribution in [0.25, 0.3) is 0 Å². The maximum Gasteiger partial charge on any atom is 0.548 e. The van der Waals surface area contributed by atoms with Crippen LogP contribution in [0, 0.1) is 0 Å². The maximum absolute atomic E-state index is 7.92. The number of aryl methyl sites for hydroxylation is 2. The number of fused-ring (bicyclic) bond motifs is 1. The van der Waals surface area contributed by atoms with Gasteiger partial charge in [0.25, 0.3) is 0 Å². The Hall–Kier alpha value is -0.835. The lowest BCUT2D eigenvalue weighted by Gasteiger charge is -1.93. The van der Waals surface area contributed by atoms with Crippen molar-refractivity contribution < 1.29 is 9.68 Å². The summed E-state index contributed by atoms with van der Waals surface area (Å²) >= 11 is 0. The average Bonchev–Trinajstić information content (AvgIpc) is 2.66. The zero-order valence-electron chi connectivity index (χ0n) is 8.44. The minimum absolute atomic E-state index is 1.12. The Bertz CT molecular complexity index is 256. The number of nitrogens with two attached hydrogens (primary N) is 1. The second-order valence-corrected chi connectivity index (χ2v) is 3.25. The topological polar surface area (TPSA) is 55.5 Å². The number of hydrogen-bond donors (Lipinski definition) is 2. The predicted octanol–water partition coefficient (Wildman–Crippen LogP) is 0.744. The van der Waals surface area contributed by atoms with E-state index in [4.69, 9.17) is 5.02 Å². The van der Waals surface area contributed by atoms with Crippen LogP contribution in [0.2, 0.25) is 0 Å². The van der Waals surface area contributed by atoms with Crippen molar-refractivity contribution in [3.8, 4) is 0 Å². The van der Waals surface area contributed by atoms with E-state index in [2.05, 4.69) is 34.6 Å². The average molecular weight is 193 g/mol. The van der Waals surface area contributed by atoms with Crippen molar-refractivity contribution in [2.75, 3.05) is 7.11 Å². The van der Waals surface area contributed by atoms with E-state index >= 15 is 0 Å². The Morgan fingerprint density at radius 1 is 1.29 bits per heavy atom. The smallest absolute Gasteiger partial charge is 0.413 e. The van der Waals surface area contributed by atoms with Gasteiger partial charge in [-0.3, -0.25) is 0 Å². The van der Waals surface area contributed by atoms with E-state index in [0.717, 1.165) is 0 Å². The van der Waals surface area contributed by atoms with Gasteiger partial charge in [0, 0.05) is 7.11 Å². The molecule has 0 spiro atoms. The molecule has 14 heavy (non-hydrogen) atoms. The number of rotatable bonds is 1. The molecule has 0 aromatic heterocycles. The normalized spacial score (nSPS) is 12.8. The fourth-order valence-electron chi connectivity index (χ4n) is 1.51. The van der Waals surface area contributed by atoms with Gasteiger partial charge < -0.3 is 15.3 Å². The standard InChI is InChI=1S/C9H10.CH6BNO2/c1-2-5-9-7-3-6-8(9)4-1;1-5-2(3)4/h1-2,4-5H,3,6-7H2;4H,3H2,1H3. The van der Waals surface area contributed by atoms with E-state index in [9.17, 15) is 0 Å². The Kier molecular flexibility index (Phi) is 4.66. The van der Waals surface area contributed by atoms with E-state index in [0.29, 0.717) is 0 Å². The molecular weight excluding hydrogens is 177 g/mol. The molecule has 1 aliphatic rings. The van der Waals surface area contributed by atoms with Crippen molar-refractivity contribution >= 4 is 7.25 Å². The first kappa shape index (κ1) is 11.2. The molecule has 1 aliphatic carbocycles. The SMILES string of the molecule is COB(N)O.c1ccc2c(c1)CCC2. The Labute approximate surface area is 85.1 Å². The van der Waals surface area contributed by atoms with Crippen molar-refractivity contribution in [3.05, 3.63) is 35.4 Å². The highest BCUT2D eigenvalue weighted by atomic mass is 16.5. The monoisotopic (exact) mass is 193 g/mol. The minimum Gasteiger partial charge on any atom is -0.413 e. The van der Waals surface area contributed by atoms with Crippen LogP contribution < -0.4 is 5.64 Å². The lowest BCUT2D eigenvalue weighted by atomic mass is 10.1. The Morgan fingerprint density at radius 3 is 2.07 bits per heavy atom. The van der Waals surface area contributed by atoms with E-state index in [1.54, 1.807) is 11.1 Å². The highest BCUT2D eigenvalue weighted by Crippen LogP contribution is 2.20. The van der Waals surface area contributed by atoms with Crippen molar-refractivity contribution in [2.45, 2.75) is 19.3 Å². The molecule has 0 amide bonds. The first-order valence-electron chi connectivity index (χ1n) is 4.77. The van der Waals surface area contributed by atoms with Gasteiger partial charge in [-0.2, -0.15) is 0 Å². The summed E-state index contributed by atoms with van der Waals surface area (Å²) in [4.78, 5) is 0. The van der Waals surface area contributed by atoms with Crippen LogP contribution in [0.5, 0.6) is 0 Å². The summed E-state index contributed by atoms with van der Waals surface area (Å²) in [6.45, 7) is 0. The van der Waals surface area contributed by atoms with E-state index < -0.39 is 7.25 Å². The van der Waals surface area contributed by atoms with Gasteiger partial charge in [0.2, 0.25) is 0 Å². The predicted molar refractivity (Wildman–Crippen MR) is 57.6 cm³/mol. The molecule has 0 heterocycles. The number of benzene rings is 1. The molecule has 0 bridgehead atoms. The molecule has 4 heteroatoms. The van der Waals surface area contributed by atoms with E-state index in [-0.39, 0.29) is 0 Å². The second-order valence-electron chi connectivity index (χ2n) is 3.25. The third kappa shape index (κ3) is 3.50. The fraction of sp³-hybridized carbons (Fsp3) is 0.400. The Balaban J connectivity index is 0.000000171. The third-order valence-corrected chi connectivity index (χ3v) is 2.25. The highest BCUT2D eigenvalue weighted by Gasteiger charge is 2.07. The molecule has 2 rings (SSSR count). The molecule has 0 saturated carbocycles. The summed E-state index contributed by atoms with van der Waals surface area (Å²) in [5.74, 6) is 0. The van der Waals surface area contributed by atoms with Crippen LogP contribution in [-0.4, -0.2) is 19.4 Å². The van der Waals surface area contributed by atoms with Crippen LogP contribution in [0.4, 0.5) is 0 Å². The first-order valence-corrected chi connectivity index (χ1v) is 4.77. The highest BCUT2D eigenvalue weighted by molar-refractivity contribution is 6.38. The molecule has 0 aliphatic heterocycles. The molecule has 76 valence electrons. The van der Waals surface area contributed by atoms with Crippen molar-refractivity contribution in [2.24, 2.45) is 5.64 Å². The molecule has 1 aromatic rings. The van der Waals surface area contributed by atoms with E-state index in [1.807, 2.05) is 0 Å². The third-order valence-electron chi connectivity index (χ3n) is 2.25. The fourth-order valence-corrected chi connectivity index (χ4v) is 1.51. The maximum atomic E-state index is 7.92. The summed E-state index contributed by atoms with van der Waals surface area (Å²) in [5.41, 5.74) is 7.76. The molecule has 3 nitrogen and oxygen atoms in total. The van der Waals surface area contributed by atoms with Crippen LogP contribution in [-0.2, 0) is 17.5 Å². The molecule has 1 aromatic carbocycles. The second kappa shape index (κ2) is 5.80. The summed E-state index contributed by atoms with van der Waals surface area (Å²) in [6.07, 6.45) is 3.96. The van der Waals surface area contributed by atoms with Gasteiger partial charge in [-0.05, 0) is 30.4 Å². The molecule has 0 fully saturated rings. The van der Waals surface area contributed by atoms with E-state index in [1.165, 1.54) is 26.4 Å². The van der Waals surface area contributed by atoms with Gasteiger partial charge in [0.05, 0.1) is 0 Å². The van der Waals surface area contributed by atoms with Gasteiger partial charge in [0.15, 0.2) is 0 Å². The quantitative estimate of drug-likeness (QED) is 0.647. The first-order chi connectivity index (χ1) is 6.74. The van der Waals surface area contributed by atoms with Gasteiger partial charge in [-0.1, -0.05) is 24.3 Å². The Morgan fingerprint density at radius 2 is 1.71 bits per heavy atom. The summed E-state index contributed by atoms with van der Waals surface area (Å²) < 4.78 is 4.08. The largest absolute Gasteiger partial charge is 0.548 e. The summed E-state index contributed by atoms with van der Waals surface area (Å²) in [5, 5.41) is 7.92. The van der Waals surface area contributed by atoms with Crippen LogP contribution in [0.3, 0.4) is 0 Å². The van der Waals surface area contributed by atoms with Crippen molar-refractivity contribution in [1.29, 1.82) is 0 Å². The number of hydrogen-bond acceptors (Lipinski definition) is 3. The summed E-state index contributed by atoms with van der Waals surface area (Å²) in [7, 11) is 0.208. The van der Waals surface area contributed by atoms with Crippen LogP contribution in [0.1, 0.15) is 17.5 Å². The van der Waals surface area contributed by atoms with Crippen molar-refractivity contribution in [3.63, 3.8) is 0 Å². The zero-order chi connectivity index (χ0) is 10.4. The van der Waals surface area contributed by atoms with Crippen LogP contribution >= 0.6 is 0 Å². The van der Waals surface area contributed by atoms with Crippen LogP contribution in [0.15, 0.2) is 24.3 Å². The molecule has 0 atom stereocenters. The molecular formula is C10H16BNO2. The minimum atomic E-state index is -1.12. The van der Waals surface area contributed by atoms with Gasteiger partial charge >= 0.3 is 7.25 Å². The van der Waals surface area contributed by atoms with Gasteiger partial charge in [0.1, 0.15) is 0 Å². The molecule has 0 radical (unpaired) electrons. The lowest BCUT2D eigenvalue weighted by Crippen LogP contribution is -2.27. The zero-order valence-corrected chi connectivity index (χ0v) is 8.44. The molecule has 0 saturated heterocycles. The van der Waals surface area contributed by atoms with Gasteiger partial charge in [-0.15, -0.1) is 0 Å². The molecule has 3 N–H and O–H groups in total. The molecule has 0 unspecified atom stereocenters. The van der Waals surface area contributed by atoms with Crippen molar-refractivity contribution in [1.82, 2.24) is 0 Å². The van der Waals surface area contributed by atoms with Gasteiger partial charge in [-0.25, -0.2) is 0 Å².